The highest BCUT2D eigenvalue weighted by Crippen LogP contribution is 2.36. The number of amides is 1. The summed E-state index contributed by atoms with van der Waals surface area (Å²) < 4.78 is 33.7. The van der Waals surface area contributed by atoms with Crippen LogP contribution in [0.15, 0.2) is 58.9 Å². The highest BCUT2D eigenvalue weighted by atomic mass is 32.2. The lowest BCUT2D eigenvalue weighted by Crippen LogP contribution is -2.50. The predicted octanol–water partition coefficient (Wildman–Crippen LogP) is 4.43. The number of para-hydroxylation sites is 1. The van der Waals surface area contributed by atoms with Crippen LogP contribution in [0.1, 0.15) is 24.0 Å². The number of carbonyl (C=O) groups excluding carboxylic acids is 1. The molecule has 2 aliphatic rings. The van der Waals surface area contributed by atoms with Gasteiger partial charge in [0.15, 0.2) is 0 Å². The number of aryl methyl sites for hydroxylation is 1. The lowest BCUT2D eigenvalue weighted by atomic mass is 10.00. The summed E-state index contributed by atoms with van der Waals surface area (Å²) in [6.07, 6.45) is 2.45. The normalized spacial score (nSPS) is 17.8. The standard InChI is InChI=1S/C23H23N3O4S2/c1-16-5-4-6-17-15-30-23(27)26(22(16)17)18-10-13-25(14-11-18)32(28,29)21-9-8-20(31-21)19-7-2-3-12-24-19/h2-9,12,18H,10-11,13-15H2,1H3. The monoisotopic (exact) mass is 469 g/mol. The van der Waals surface area contributed by atoms with Gasteiger partial charge < -0.3 is 4.74 Å². The summed E-state index contributed by atoms with van der Waals surface area (Å²) in [5.41, 5.74) is 3.67. The van der Waals surface area contributed by atoms with Gasteiger partial charge in [-0.1, -0.05) is 24.3 Å². The number of aromatic nitrogens is 1. The van der Waals surface area contributed by atoms with Gasteiger partial charge in [0.1, 0.15) is 10.8 Å². The topological polar surface area (TPSA) is 79.8 Å². The molecule has 3 aromatic rings. The second-order valence-corrected chi connectivity index (χ2v) is 11.2. The van der Waals surface area contributed by atoms with Gasteiger partial charge in [0.2, 0.25) is 0 Å². The molecule has 1 aromatic carbocycles. The Balaban J connectivity index is 1.33. The Labute approximate surface area is 191 Å². The van der Waals surface area contributed by atoms with Crippen LogP contribution in [-0.4, -0.2) is 42.9 Å². The van der Waals surface area contributed by atoms with E-state index in [1.807, 2.05) is 43.3 Å². The first-order valence-corrected chi connectivity index (χ1v) is 12.8. The van der Waals surface area contributed by atoms with Crippen molar-refractivity contribution < 1.29 is 17.9 Å². The van der Waals surface area contributed by atoms with Crippen LogP contribution in [0.2, 0.25) is 0 Å². The summed E-state index contributed by atoms with van der Waals surface area (Å²) in [7, 11) is -3.60. The number of hydrogen-bond acceptors (Lipinski definition) is 6. The van der Waals surface area contributed by atoms with Crippen molar-refractivity contribution >= 4 is 33.1 Å². The number of pyridine rings is 1. The molecular weight excluding hydrogens is 446 g/mol. The maximum atomic E-state index is 13.2. The average Bonchev–Trinajstić information content (AvgIpc) is 3.32. The summed E-state index contributed by atoms with van der Waals surface area (Å²) in [6.45, 7) is 2.97. The molecule has 5 rings (SSSR count). The SMILES string of the molecule is Cc1cccc2c1N(C1CCN(S(=O)(=O)c3ccc(-c4ccccn4)s3)CC1)C(=O)OC2. The Morgan fingerprint density at radius 1 is 1.06 bits per heavy atom. The van der Waals surface area contributed by atoms with E-state index in [0.29, 0.717) is 30.1 Å². The molecule has 0 N–H and O–H groups in total. The zero-order valence-corrected chi connectivity index (χ0v) is 19.2. The number of anilines is 1. The van der Waals surface area contributed by atoms with E-state index in [1.165, 1.54) is 15.6 Å². The predicted molar refractivity (Wildman–Crippen MR) is 123 cm³/mol. The third-order valence-corrected chi connectivity index (χ3v) is 9.47. The summed E-state index contributed by atoms with van der Waals surface area (Å²) in [5.74, 6) is 0. The smallest absolute Gasteiger partial charge is 0.414 e. The molecule has 166 valence electrons. The van der Waals surface area contributed by atoms with Crippen LogP contribution in [0.4, 0.5) is 10.5 Å². The maximum absolute atomic E-state index is 13.2. The summed E-state index contributed by atoms with van der Waals surface area (Å²) in [6, 6.07) is 14.8. The van der Waals surface area contributed by atoms with E-state index < -0.39 is 10.0 Å². The number of ether oxygens (including phenoxy) is 1. The number of rotatable bonds is 4. The van der Waals surface area contributed by atoms with E-state index in [0.717, 1.165) is 27.4 Å². The fourth-order valence-electron chi connectivity index (χ4n) is 4.39. The molecule has 9 heteroatoms. The molecule has 0 atom stereocenters. The maximum Gasteiger partial charge on any atom is 0.414 e. The fourth-order valence-corrected chi connectivity index (χ4v) is 7.29. The molecule has 0 saturated carbocycles. The van der Waals surface area contributed by atoms with Crippen LogP contribution in [-0.2, 0) is 21.4 Å². The molecule has 1 amide bonds. The lowest BCUT2D eigenvalue weighted by molar-refractivity contribution is 0.135. The van der Waals surface area contributed by atoms with Crippen LogP contribution in [0.5, 0.6) is 0 Å². The Bertz CT molecular complexity index is 1250. The first-order chi connectivity index (χ1) is 15.4. The van der Waals surface area contributed by atoms with E-state index in [1.54, 1.807) is 23.2 Å². The number of hydrogen-bond donors (Lipinski definition) is 0. The van der Waals surface area contributed by atoms with Gasteiger partial charge in [-0.15, -0.1) is 11.3 Å². The first kappa shape index (κ1) is 21.1. The number of fused-ring (bicyclic) bond motifs is 1. The molecule has 0 aliphatic carbocycles. The quantitative estimate of drug-likeness (QED) is 0.565. The number of cyclic esters (lactones) is 1. The van der Waals surface area contributed by atoms with E-state index in [-0.39, 0.29) is 18.7 Å². The highest BCUT2D eigenvalue weighted by Gasteiger charge is 2.38. The van der Waals surface area contributed by atoms with Crippen LogP contribution in [0.3, 0.4) is 0 Å². The summed E-state index contributed by atoms with van der Waals surface area (Å²) in [5, 5.41) is 0. The van der Waals surface area contributed by atoms with Gasteiger partial charge in [-0.2, -0.15) is 4.31 Å². The lowest BCUT2D eigenvalue weighted by Gasteiger charge is -2.40. The van der Waals surface area contributed by atoms with Gasteiger partial charge in [0.05, 0.1) is 16.3 Å². The van der Waals surface area contributed by atoms with Crippen molar-refractivity contribution in [3.05, 3.63) is 65.9 Å². The van der Waals surface area contributed by atoms with Gasteiger partial charge in [-0.25, -0.2) is 13.2 Å². The molecule has 0 bridgehead atoms. The summed E-state index contributed by atoms with van der Waals surface area (Å²) in [4.78, 5) is 19.5. The van der Waals surface area contributed by atoms with E-state index in [4.69, 9.17) is 4.74 Å². The Kier molecular flexibility index (Phi) is 5.48. The minimum atomic E-state index is -3.60. The minimum Gasteiger partial charge on any atom is -0.444 e. The van der Waals surface area contributed by atoms with Gasteiger partial charge in [-0.3, -0.25) is 9.88 Å². The third kappa shape index (κ3) is 3.70. The largest absolute Gasteiger partial charge is 0.444 e. The molecule has 7 nitrogen and oxygen atoms in total. The molecule has 4 heterocycles. The van der Waals surface area contributed by atoms with Gasteiger partial charge in [0, 0.05) is 30.9 Å². The Morgan fingerprint density at radius 3 is 2.62 bits per heavy atom. The van der Waals surface area contributed by atoms with E-state index >= 15 is 0 Å². The Morgan fingerprint density at radius 2 is 1.88 bits per heavy atom. The number of nitrogens with zero attached hydrogens (tertiary/aromatic N) is 3. The van der Waals surface area contributed by atoms with Crippen molar-refractivity contribution in [2.75, 3.05) is 18.0 Å². The number of sulfonamides is 1. The molecule has 1 saturated heterocycles. The zero-order valence-electron chi connectivity index (χ0n) is 17.6. The molecule has 32 heavy (non-hydrogen) atoms. The fraction of sp³-hybridized carbons (Fsp3) is 0.304. The number of piperidine rings is 1. The van der Waals surface area contributed by atoms with E-state index in [9.17, 15) is 13.2 Å². The summed E-state index contributed by atoms with van der Waals surface area (Å²) >= 11 is 1.23. The molecule has 0 spiro atoms. The molecule has 2 aliphatic heterocycles. The van der Waals surface area contributed by atoms with Crippen molar-refractivity contribution in [3.8, 4) is 10.6 Å². The van der Waals surface area contributed by atoms with Crippen LogP contribution in [0.25, 0.3) is 10.6 Å². The highest BCUT2D eigenvalue weighted by molar-refractivity contribution is 7.91. The van der Waals surface area contributed by atoms with Crippen LogP contribution < -0.4 is 4.90 Å². The zero-order chi connectivity index (χ0) is 22.3. The van der Waals surface area contributed by atoms with Gasteiger partial charge in [0.25, 0.3) is 10.0 Å². The minimum absolute atomic E-state index is 0.0958. The van der Waals surface area contributed by atoms with Gasteiger partial charge in [-0.05, 0) is 49.6 Å². The van der Waals surface area contributed by atoms with Crippen LogP contribution in [0, 0.1) is 6.92 Å². The van der Waals surface area contributed by atoms with Crippen LogP contribution >= 0.6 is 11.3 Å². The second-order valence-electron chi connectivity index (χ2n) is 7.98. The molecule has 2 aromatic heterocycles. The van der Waals surface area contributed by atoms with Crippen molar-refractivity contribution in [1.29, 1.82) is 0 Å². The molecular formula is C23H23N3O4S2. The first-order valence-electron chi connectivity index (χ1n) is 10.5. The van der Waals surface area contributed by atoms with Crippen molar-refractivity contribution in [1.82, 2.24) is 9.29 Å². The number of thiophene rings is 1. The molecule has 0 radical (unpaired) electrons. The van der Waals surface area contributed by atoms with Crippen molar-refractivity contribution in [2.45, 2.75) is 36.6 Å². The molecule has 0 unspecified atom stereocenters. The van der Waals surface area contributed by atoms with Crippen molar-refractivity contribution in [3.63, 3.8) is 0 Å². The van der Waals surface area contributed by atoms with Gasteiger partial charge >= 0.3 is 6.09 Å². The Hall–Kier alpha value is -2.75. The number of carbonyl (C=O) groups is 1. The average molecular weight is 470 g/mol. The second kappa shape index (κ2) is 8.31. The van der Waals surface area contributed by atoms with Crippen molar-refractivity contribution in [2.24, 2.45) is 0 Å². The van der Waals surface area contributed by atoms with E-state index in [2.05, 4.69) is 4.98 Å². The third-order valence-electron chi connectivity index (χ3n) is 5.99. The number of benzene rings is 1. The molecule has 1 fully saturated rings.